The van der Waals surface area contributed by atoms with Gasteiger partial charge in [-0.2, -0.15) is 5.10 Å². The minimum atomic E-state index is -0.769. The van der Waals surface area contributed by atoms with Crippen LogP contribution in [0.5, 0.6) is 0 Å². The third kappa shape index (κ3) is 2.96. The van der Waals surface area contributed by atoms with Crippen molar-refractivity contribution >= 4 is 33.4 Å². The lowest BCUT2D eigenvalue weighted by atomic mass is 10.1. The molecule has 0 spiro atoms. The number of nitrogens with zero attached hydrogens (tertiary/aromatic N) is 1. The number of para-hydroxylation sites is 1. The molecule has 140 valence electrons. The van der Waals surface area contributed by atoms with Crippen LogP contribution in [0.2, 0.25) is 0 Å². The van der Waals surface area contributed by atoms with Gasteiger partial charge in [-0.15, -0.1) is 0 Å². The molecule has 2 N–H and O–H groups in total. The van der Waals surface area contributed by atoms with E-state index in [4.69, 9.17) is 4.74 Å². The number of carbonyl (C=O) groups is 2. The van der Waals surface area contributed by atoms with Gasteiger partial charge in [0.25, 0.3) is 5.56 Å². The molecular weight excluding hydrogens is 358 g/mol. The Hall–Kier alpha value is -3.74. The molecule has 2 aromatic heterocycles. The Labute approximate surface area is 159 Å². The number of aryl methyl sites for hydroxylation is 1. The van der Waals surface area contributed by atoms with Crippen molar-refractivity contribution in [1.29, 1.82) is 0 Å². The Morgan fingerprint density at radius 3 is 2.57 bits per heavy atom. The standard InChI is InChI=1S/C21H17N3O4/c1-2-12-6-5-9-14-16(10-22-18(12)14)17(25)11-28-21(27)19-13-7-3-4-8-15(13)20(26)24-23-19/h3-10,22H,2,11H2,1H3,(H,24,26). The molecular formula is C21H17N3O4. The highest BCUT2D eigenvalue weighted by molar-refractivity contribution is 6.10. The Kier molecular flexibility index (Phi) is 4.49. The molecule has 0 atom stereocenters. The van der Waals surface area contributed by atoms with Gasteiger partial charge in [-0.05, 0) is 18.1 Å². The molecule has 0 aliphatic carbocycles. The van der Waals surface area contributed by atoms with E-state index in [2.05, 4.69) is 15.2 Å². The fourth-order valence-electron chi connectivity index (χ4n) is 3.29. The smallest absolute Gasteiger partial charge is 0.359 e. The Balaban J connectivity index is 1.57. The normalized spacial score (nSPS) is 11.0. The first kappa shape index (κ1) is 17.7. The van der Waals surface area contributed by atoms with E-state index in [9.17, 15) is 14.4 Å². The van der Waals surface area contributed by atoms with Crippen LogP contribution in [-0.4, -0.2) is 33.5 Å². The SMILES string of the molecule is CCc1cccc2c(C(=O)COC(=O)c3n[nH]c(=O)c4ccccc34)c[nH]c12. The third-order valence-corrected chi connectivity index (χ3v) is 4.71. The van der Waals surface area contributed by atoms with Gasteiger partial charge in [-0.3, -0.25) is 9.59 Å². The molecule has 0 radical (unpaired) electrons. The third-order valence-electron chi connectivity index (χ3n) is 4.71. The topological polar surface area (TPSA) is 105 Å². The van der Waals surface area contributed by atoms with Crippen LogP contribution in [0.25, 0.3) is 21.7 Å². The maximum atomic E-state index is 12.6. The maximum Gasteiger partial charge on any atom is 0.359 e. The summed E-state index contributed by atoms with van der Waals surface area (Å²) in [6.07, 6.45) is 2.47. The van der Waals surface area contributed by atoms with E-state index < -0.39 is 18.1 Å². The molecule has 0 amide bonds. The predicted octanol–water partition coefficient (Wildman–Crippen LogP) is 3.01. The zero-order valence-corrected chi connectivity index (χ0v) is 15.1. The molecule has 4 rings (SSSR count). The van der Waals surface area contributed by atoms with Crippen LogP contribution in [0.3, 0.4) is 0 Å². The fraction of sp³-hybridized carbons (Fsp3) is 0.143. The van der Waals surface area contributed by atoms with Gasteiger partial charge in [-0.1, -0.05) is 43.3 Å². The number of fused-ring (bicyclic) bond motifs is 2. The first-order chi connectivity index (χ1) is 13.6. The zero-order valence-electron chi connectivity index (χ0n) is 15.1. The number of esters is 1. The van der Waals surface area contributed by atoms with Crippen LogP contribution >= 0.6 is 0 Å². The molecule has 2 aromatic carbocycles. The number of aromatic nitrogens is 3. The van der Waals surface area contributed by atoms with Gasteiger partial charge in [0.15, 0.2) is 12.3 Å². The van der Waals surface area contributed by atoms with Gasteiger partial charge in [0.1, 0.15) is 0 Å². The lowest BCUT2D eigenvalue weighted by Crippen LogP contribution is -2.19. The number of rotatable bonds is 5. The lowest BCUT2D eigenvalue weighted by molar-refractivity contribution is 0.0470. The summed E-state index contributed by atoms with van der Waals surface area (Å²) < 4.78 is 5.18. The minimum absolute atomic E-state index is 0.0322. The highest BCUT2D eigenvalue weighted by Gasteiger charge is 2.19. The molecule has 7 nitrogen and oxygen atoms in total. The molecule has 0 saturated heterocycles. The molecule has 7 heteroatoms. The molecule has 28 heavy (non-hydrogen) atoms. The zero-order chi connectivity index (χ0) is 19.7. The number of ketones is 1. The average molecular weight is 375 g/mol. The average Bonchev–Trinajstić information content (AvgIpc) is 3.16. The van der Waals surface area contributed by atoms with Crippen LogP contribution in [0, 0.1) is 0 Å². The number of hydrogen-bond acceptors (Lipinski definition) is 5. The molecule has 4 aromatic rings. The van der Waals surface area contributed by atoms with E-state index in [1.54, 1.807) is 30.5 Å². The van der Waals surface area contributed by atoms with E-state index >= 15 is 0 Å². The van der Waals surface area contributed by atoms with Crippen LogP contribution in [-0.2, 0) is 11.2 Å². The van der Waals surface area contributed by atoms with E-state index in [1.807, 2.05) is 25.1 Å². The molecule has 0 unspecified atom stereocenters. The number of H-pyrrole nitrogens is 2. The van der Waals surface area contributed by atoms with Crippen molar-refractivity contribution in [3.05, 3.63) is 75.8 Å². The number of ether oxygens (including phenoxy) is 1. The quantitative estimate of drug-likeness (QED) is 0.412. The summed E-state index contributed by atoms with van der Waals surface area (Å²) in [5.41, 5.74) is 2.06. The second-order valence-electron chi connectivity index (χ2n) is 6.34. The first-order valence-electron chi connectivity index (χ1n) is 8.87. The lowest BCUT2D eigenvalue weighted by Gasteiger charge is -2.06. The number of aromatic amines is 2. The van der Waals surface area contributed by atoms with Crippen molar-refractivity contribution in [3.63, 3.8) is 0 Å². The number of carbonyl (C=O) groups excluding carboxylic acids is 2. The highest BCUT2D eigenvalue weighted by Crippen LogP contribution is 2.23. The highest BCUT2D eigenvalue weighted by atomic mass is 16.5. The van der Waals surface area contributed by atoms with Gasteiger partial charge < -0.3 is 9.72 Å². The Morgan fingerprint density at radius 2 is 1.79 bits per heavy atom. The minimum Gasteiger partial charge on any atom is -0.452 e. The van der Waals surface area contributed by atoms with Crippen LogP contribution in [0.15, 0.2) is 53.5 Å². The molecule has 0 aliphatic heterocycles. The van der Waals surface area contributed by atoms with Crippen molar-refractivity contribution < 1.29 is 14.3 Å². The molecule has 0 saturated carbocycles. The van der Waals surface area contributed by atoms with Crippen molar-refractivity contribution in [1.82, 2.24) is 15.2 Å². The summed E-state index contributed by atoms with van der Waals surface area (Å²) in [6, 6.07) is 12.3. The number of hydrogen-bond donors (Lipinski definition) is 2. The molecule has 0 aliphatic rings. The van der Waals surface area contributed by atoms with Gasteiger partial charge in [-0.25, -0.2) is 9.89 Å². The summed E-state index contributed by atoms with van der Waals surface area (Å²) in [7, 11) is 0. The van der Waals surface area contributed by atoms with Crippen LogP contribution in [0.4, 0.5) is 0 Å². The summed E-state index contributed by atoms with van der Waals surface area (Å²) in [6.45, 7) is 1.62. The molecule has 2 heterocycles. The molecule has 0 bridgehead atoms. The Morgan fingerprint density at radius 1 is 1.04 bits per heavy atom. The number of benzene rings is 2. The van der Waals surface area contributed by atoms with Crippen molar-refractivity contribution in [2.75, 3.05) is 6.61 Å². The largest absolute Gasteiger partial charge is 0.452 e. The molecule has 0 fully saturated rings. The number of nitrogens with one attached hydrogen (secondary N) is 2. The van der Waals surface area contributed by atoms with Crippen molar-refractivity contribution in [2.45, 2.75) is 13.3 Å². The van der Waals surface area contributed by atoms with E-state index in [0.29, 0.717) is 16.3 Å². The fourth-order valence-corrected chi connectivity index (χ4v) is 3.29. The van der Waals surface area contributed by atoms with Gasteiger partial charge in [0, 0.05) is 28.0 Å². The van der Waals surface area contributed by atoms with Crippen molar-refractivity contribution in [2.24, 2.45) is 0 Å². The van der Waals surface area contributed by atoms with Crippen LogP contribution in [0.1, 0.15) is 33.3 Å². The van der Waals surface area contributed by atoms with Gasteiger partial charge >= 0.3 is 5.97 Å². The number of Topliss-reactive ketones (excluding diaryl/α,β-unsaturated/α-hetero) is 1. The first-order valence-corrected chi connectivity index (χ1v) is 8.87. The van der Waals surface area contributed by atoms with Crippen molar-refractivity contribution in [3.8, 4) is 0 Å². The van der Waals surface area contributed by atoms with E-state index in [0.717, 1.165) is 22.9 Å². The second-order valence-corrected chi connectivity index (χ2v) is 6.34. The summed E-state index contributed by atoms with van der Waals surface area (Å²) >= 11 is 0. The summed E-state index contributed by atoms with van der Waals surface area (Å²) in [4.78, 5) is 40.0. The van der Waals surface area contributed by atoms with E-state index in [1.165, 1.54) is 0 Å². The second kappa shape index (κ2) is 7.11. The van der Waals surface area contributed by atoms with Gasteiger partial charge in [0.2, 0.25) is 5.78 Å². The summed E-state index contributed by atoms with van der Waals surface area (Å²) in [5.74, 6) is -1.09. The van der Waals surface area contributed by atoms with E-state index in [-0.39, 0.29) is 11.5 Å². The monoisotopic (exact) mass is 375 g/mol. The van der Waals surface area contributed by atoms with Crippen LogP contribution < -0.4 is 5.56 Å². The van der Waals surface area contributed by atoms with Gasteiger partial charge in [0.05, 0.1) is 5.39 Å². The summed E-state index contributed by atoms with van der Waals surface area (Å²) in [5, 5.41) is 7.58. The predicted molar refractivity (Wildman–Crippen MR) is 105 cm³/mol. The maximum absolute atomic E-state index is 12.6. The Bertz CT molecular complexity index is 1270.